The van der Waals surface area contributed by atoms with E-state index in [9.17, 15) is 9.59 Å². The van der Waals surface area contributed by atoms with Crippen LogP contribution >= 0.6 is 11.3 Å². The van der Waals surface area contributed by atoms with Gasteiger partial charge in [-0.3, -0.25) is 9.59 Å². The number of rotatable bonds is 10. The van der Waals surface area contributed by atoms with E-state index in [2.05, 4.69) is 11.4 Å². The van der Waals surface area contributed by atoms with E-state index in [1.54, 1.807) is 29.4 Å². The molecule has 0 spiro atoms. The van der Waals surface area contributed by atoms with Crippen molar-refractivity contribution in [1.29, 1.82) is 0 Å². The zero-order valence-corrected chi connectivity index (χ0v) is 21.1. The van der Waals surface area contributed by atoms with Gasteiger partial charge in [0, 0.05) is 37.2 Å². The molecule has 3 aromatic rings. The van der Waals surface area contributed by atoms with Crippen molar-refractivity contribution in [2.45, 2.75) is 25.8 Å². The molecular weight excluding hydrogens is 460 g/mol. The third-order valence-electron chi connectivity index (χ3n) is 6.22. The van der Waals surface area contributed by atoms with E-state index in [1.807, 2.05) is 60.4 Å². The van der Waals surface area contributed by atoms with Crippen LogP contribution in [0.1, 0.15) is 38.8 Å². The summed E-state index contributed by atoms with van der Waals surface area (Å²) >= 11 is 1.72. The lowest BCUT2D eigenvalue weighted by Crippen LogP contribution is -2.48. The topological polar surface area (TPSA) is 59.1 Å². The smallest absolute Gasteiger partial charge is 0.254 e. The van der Waals surface area contributed by atoms with Gasteiger partial charge in [0.2, 0.25) is 5.91 Å². The number of thiophene rings is 1. The van der Waals surface area contributed by atoms with E-state index in [0.717, 1.165) is 23.3 Å². The summed E-state index contributed by atoms with van der Waals surface area (Å²) in [5, 5.41) is 2.08. The van der Waals surface area contributed by atoms with Gasteiger partial charge in [-0.05, 0) is 61.0 Å². The average molecular weight is 493 g/mol. The quantitative estimate of drug-likeness (QED) is 0.384. The van der Waals surface area contributed by atoms with Crippen LogP contribution in [-0.4, -0.2) is 61.6 Å². The number of methoxy groups -OCH3 is 1. The Kier molecular flexibility index (Phi) is 8.55. The molecule has 2 aromatic carbocycles. The molecule has 1 unspecified atom stereocenters. The van der Waals surface area contributed by atoms with Gasteiger partial charge in [-0.1, -0.05) is 35.9 Å². The molecule has 0 saturated heterocycles. The molecule has 7 heteroatoms. The number of benzene rings is 2. The molecule has 0 aliphatic carbocycles. The van der Waals surface area contributed by atoms with Crippen molar-refractivity contribution in [2.24, 2.45) is 0 Å². The summed E-state index contributed by atoms with van der Waals surface area (Å²) in [7, 11) is 1.64. The predicted octanol–water partition coefficient (Wildman–Crippen LogP) is 4.74. The summed E-state index contributed by atoms with van der Waals surface area (Å²) in [6, 6.07) is 19.1. The van der Waals surface area contributed by atoms with Crippen molar-refractivity contribution in [3.05, 3.63) is 87.6 Å². The van der Waals surface area contributed by atoms with Gasteiger partial charge in [0.05, 0.1) is 6.04 Å². The molecule has 35 heavy (non-hydrogen) atoms. The minimum atomic E-state index is -0.187. The number of aryl methyl sites for hydroxylation is 1. The molecule has 1 aliphatic rings. The van der Waals surface area contributed by atoms with Crippen LogP contribution in [-0.2, 0) is 16.0 Å². The van der Waals surface area contributed by atoms with Gasteiger partial charge in [-0.15, -0.1) is 11.3 Å². The molecule has 0 fully saturated rings. The maximum absolute atomic E-state index is 13.6. The van der Waals surface area contributed by atoms with Crippen LogP contribution in [0.15, 0.2) is 66.0 Å². The Morgan fingerprint density at radius 2 is 1.94 bits per heavy atom. The molecule has 0 radical (unpaired) electrons. The highest BCUT2D eigenvalue weighted by atomic mass is 32.1. The Morgan fingerprint density at radius 1 is 1.11 bits per heavy atom. The molecule has 1 atom stereocenters. The van der Waals surface area contributed by atoms with Crippen LogP contribution in [0.4, 0.5) is 0 Å². The number of hydrogen-bond donors (Lipinski definition) is 0. The molecule has 2 heterocycles. The van der Waals surface area contributed by atoms with Crippen molar-refractivity contribution in [1.82, 2.24) is 9.80 Å². The van der Waals surface area contributed by atoms with Crippen molar-refractivity contribution in [2.75, 3.05) is 40.0 Å². The van der Waals surface area contributed by atoms with Crippen molar-refractivity contribution < 1.29 is 19.1 Å². The van der Waals surface area contributed by atoms with E-state index in [-0.39, 0.29) is 24.4 Å². The minimum Gasteiger partial charge on any atom is -0.491 e. The summed E-state index contributed by atoms with van der Waals surface area (Å²) < 4.78 is 11.3. The number of fused-ring (bicyclic) bond motifs is 1. The molecule has 6 nitrogen and oxygen atoms in total. The van der Waals surface area contributed by atoms with E-state index in [1.165, 1.54) is 4.88 Å². The highest BCUT2D eigenvalue weighted by molar-refractivity contribution is 7.10. The maximum atomic E-state index is 13.6. The van der Waals surface area contributed by atoms with Crippen LogP contribution < -0.4 is 4.74 Å². The molecule has 1 aromatic heterocycles. The number of nitrogens with zero attached hydrogens (tertiary/aromatic N) is 2. The van der Waals surface area contributed by atoms with E-state index >= 15 is 0 Å². The number of carbonyl (C=O) groups is 2. The van der Waals surface area contributed by atoms with Gasteiger partial charge in [0.15, 0.2) is 0 Å². The predicted molar refractivity (Wildman–Crippen MR) is 138 cm³/mol. The lowest BCUT2D eigenvalue weighted by molar-refractivity contribution is -0.135. The van der Waals surface area contributed by atoms with Crippen LogP contribution in [0, 0.1) is 6.92 Å². The lowest BCUT2D eigenvalue weighted by Gasteiger charge is -2.37. The fraction of sp³-hybridized carbons (Fsp3) is 0.357. The number of hydrogen-bond acceptors (Lipinski definition) is 5. The van der Waals surface area contributed by atoms with Crippen molar-refractivity contribution in [3.8, 4) is 5.75 Å². The maximum Gasteiger partial charge on any atom is 0.254 e. The van der Waals surface area contributed by atoms with Crippen LogP contribution in [0.3, 0.4) is 0 Å². The Balaban J connectivity index is 1.52. The Bertz CT molecular complexity index is 1130. The van der Waals surface area contributed by atoms with Gasteiger partial charge in [0.1, 0.15) is 18.9 Å². The second-order valence-corrected chi connectivity index (χ2v) is 9.72. The highest BCUT2D eigenvalue weighted by Crippen LogP contribution is 2.34. The fourth-order valence-corrected chi connectivity index (χ4v) is 5.36. The summed E-state index contributed by atoms with van der Waals surface area (Å²) in [5.74, 6) is 0.573. The SMILES string of the molecule is COCCCN(CC(=O)N1CCc2sccc2C1COc1ccccc1)C(=O)c1cccc(C)c1. The molecule has 4 rings (SSSR count). The van der Waals surface area contributed by atoms with Crippen LogP contribution in [0.2, 0.25) is 0 Å². The van der Waals surface area contributed by atoms with Crippen molar-refractivity contribution >= 4 is 23.2 Å². The average Bonchev–Trinajstić information content (AvgIpc) is 3.36. The number of amides is 2. The number of ether oxygens (including phenoxy) is 2. The second-order valence-electron chi connectivity index (χ2n) is 8.72. The third kappa shape index (κ3) is 6.29. The first-order valence-electron chi connectivity index (χ1n) is 11.9. The van der Waals surface area contributed by atoms with Gasteiger partial charge in [-0.2, -0.15) is 0 Å². The minimum absolute atomic E-state index is 0.0256. The Hall–Kier alpha value is -3.16. The Labute approximate surface area is 211 Å². The lowest BCUT2D eigenvalue weighted by atomic mass is 10.00. The number of carbonyl (C=O) groups excluding carboxylic acids is 2. The van der Waals surface area contributed by atoms with E-state index < -0.39 is 0 Å². The summed E-state index contributed by atoms with van der Waals surface area (Å²) in [6.07, 6.45) is 1.48. The highest BCUT2D eigenvalue weighted by Gasteiger charge is 2.33. The largest absolute Gasteiger partial charge is 0.491 e. The second kappa shape index (κ2) is 12.0. The van der Waals surface area contributed by atoms with Gasteiger partial charge in [0.25, 0.3) is 5.91 Å². The van der Waals surface area contributed by atoms with Crippen LogP contribution in [0.5, 0.6) is 5.75 Å². The third-order valence-corrected chi connectivity index (χ3v) is 7.22. The van der Waals surface area contributed by atoms with E-state index in [0.29, 0.717) is 38.3 Å². The first-order valence-corrected chi connectivity index (χ1v) is 12.8. The zero-order chi connectivity index (χ0) is 24.6. The summed E-state index contributed by atoms with van der Waals surface area (Å²) in [5.41, 5.74) is 2.75. The van der Waals surface area contributed by atoms with E-state index in [4.69, 9.17) is 9.47 Å². The summed E-state index contributed by atoms with van der Waals surface area (Å²) in [4.78, 5) is 31.8. The number of para-hydroxylation sites is 1. The monoisotopic (exact) mass is 492 g/mol. The fourth-order valence-electron chi connectivity index (χ4n) is 4.43. The summed E-state index contributed by atoms with van der Waals surface area (Å²) in [6.45, 7) is 3.95. The van der Waals surface area contributed by atoms with Gasteiger partial charge >= 0.3 is 0 Å². The van der Waals surface area contributed by atoms with Gasteiger partial charge < -0.3 is 19.3 Å². The molecule has 0 saturated carbocycles. The zero-order valence-electron chi connectivity index (χ0n) is 20.3. The molecule has 1 aliphatic heterocycles. The normalized spacial score (nSPS) is 14.9. The van der Waals surface area contributed by atoms with Gasteiger partial charge in [-0.25, -0.2) is 0 Å². The standard InChI is InChI=1S/C28H32N2O4S/c1-21-8-6-9-22(18-21)28(32)29(14-7-16-33-2)19-27(31)30-15-12-26-24(13-17-35-26)25(30)20-34-23-10-4-3-5-11-23/h3-6,8-11,13,17-18,25H,7,12,14-16,19-20H2,1-2H3. The van der Waals surface area contributed by atoms with Crippen molar-refractivity contribution in [3.63, 3.8) is 0 Å². The Morgan fingerprint density at radius 3 is 2.71 bits per heavy atom. The molecular formula is C28H32N2O4S. The first-order chi connectivity index (χ1) is 17.1. The van der Waals surface area contributed by atoms with Crippen LogP contribution in [0.25, 0.3) is 0 Å². The first kappa shape index (κ1) is 24.9. The molecule has 184 valence electrons. The molecule has 0 N–H and O–H groups in total. The molecule has 2 amide bonds. The molecule has 0 bridgehead atoms.